The molecule has 0 spiro atoms. The highest BCUT2D eigenvalue weighted by Gasteiger charge is 2.32. The van der Waals surface area contributed by atoms with E-state index < -0.39 is 17.2 Å². The summed E-state index contributed by atoms with van der Waals surface area (Å²) in [4.78, 5) is 18.9. The molecule has 0 bridgehead atoms. The van der Waals surface area contributed by atoms with Gasteiger partial charge in [0.2, 0.25) is 5.89 Å². The highest BCUT2D eigenvalue weighted by atomic mass is 16.6. The quantitative estimate of drug-likeness (QED) is 0.883. The summed E-state index contributed by atoms with van der Waals surface area (Å²) in [6.07, 6.45) is 1.60. The fraction of sp³-hybridized carbons (Fsp3) is 0.632. The smallest absolute Gasteiger partial charge is 0.408 e. The lowest BCUT2D eigenvalue weighted by Crippen LogP contribution is -2.44. The Labute approximate surface area is 159 Å². The Bertz CT molecular complexity index is 802. The maximum absolute atomic E-state index is 12.1. The van der Waals surface area contributed by atoms with Crippen LogP contribution >= 0.6 is 0 Å². The number of ether oxygens (including phenoxy) is 1. The van der Waals surface area contributed by atoms with Crippen LogP contribution < -0.4 is 5.32 Å². The number of hydrogen-bond donors (Lipinski definition) is 1. The molecule has 2 aromatic rings. The van der Waals surface area contributed by atoms with E-state index in [-0.39, 0.29) is 6.04 Å². The molecule has 148 valence electrons. The zero-order valence-electron chi connectivity index (χ0n) is 16.9. The van der Waals surface area contributed by atoms with Crippen molar-refractivity contribution >= 4 is 6.09 Å². The zero-order chi connectivity index (χ0) is 19.8. The van der Waals surface area contributed by atoms with Crippen molar-refractivity contribution in [1.29, 1.82) is 0 Å². The molecule has 3 heterocycles. The van der Waals surface area contributed by atoms with Gasteiger partial charge >= 0.3 is 6.09 Å². The molecule has 1 amide bonds. The Morgan fingerprint density at radius 2 is 2.07 bits per heavy atom. The maximum atomic E-state index is 12.1. The molecule has 0 radical (unpaired) electrons. The molecule has 1 aliphatic rings. The maximum Gasteiger partial charge on any atom is 0.408 e. The van der Waals surface area contributed by atoms with Crippen molar-refractivity contribution in [3.63, 3.8) is 0 Å². The van der Waals surface area contributed by atoms with E-state index in [0.29, 0.717) is 18.3 Å². The van der Waals surface area contributed by atoms with Crippen LogP contribution in [0.4, 0.5) is 4.79 Å². The van der Waals surface area contributed by atoms with Crippen molar-refractivity contribution in [2.45, 2.75) is 71.8 Å². The molecule has 8 heteroatoms. The van der Waals surface area contributed by atoms with Gasteiger partial charge in [0, 0.05) is 31.0 Å². The highest BCUT2D eigenvalue weighted by molar-refractivity contribution is 5.68. The molecular weight excluding hydrogens is 346 g/mol. The summed E-state index contributed by atoms with van der Waals surface area (Å²) in [5.41, 5.74) is -0.0790. The second-order valence-corrected chi connectivity index (χ2v) is 8.54. The Morgan fingerprint density at radius 1 is 1.33 bits per heavy atom. The molecule has 0 saturated heterocycles. The van der Waals surface area contributed by atoms with E-state index in [1.54, 1.807) is 0 Å². The number of amides is 1. The third kappa shape index (κ3) is 4.50. The number of nitrogens with zero attached hydrogens (tertiary/aromatic N) is 4. The number of aromatic nitrogens is 3. The molecule has 8 nitrogen and oxygen atoms in total. The van der Waals surface area contributed by atoms with Gasteiger partial charge in [-0.2, -0.15) is 4.98 Å². The van der Waals surface area contributed by atoms with Crippen molar-refractivity contribution in [3.8, 4) is 0 Å². The molecule has 1 atom stereocenters. The van der Waals surface area contributed by atoms with E-state index >= 15 is 0 Å². The van der Waals surface area contributed by atoms with Crippen LogP contribution in [0.5, 0.6) is 0 Å². The fourth-order valence-corrected chi connectivity index (χ4v) is 3.20. The van der Waals surface area contributed by atoms with Gasteiger partial charge in [0.15, 0.2) is 5.82 Å². The molecule has 2 aromatic heterocycles. The monoisotopic (exact) mass is 375 g/mol. The second kappa shape index (κ2) is 6.99. The molecule has 27 heavy (non-hydrogen) atoms. The normalized spacial score (nSPS) is 18.2. The van der Waals surface area contributed by atoms with E-state index in [1.165, 1.54) is 5.69 Å². The second-order valence-electron chi connectivity index (χ2n) is 8.54. The van der Waals surface area contributed by atoms with Gasteiger partial charge < -0.3 is 19.1 Å². The number of rotatable bonds is 4. The third-order valence-corrected chi connectivity index (χ3v) is 4.65. The summed E-state index contributed by atoms with van der Waals surface area (Å²) >= 11 is 0. The Hall–Kier alpha value is -2.35. The Balaban J connectivity index is 1.65. The summed E-state index contributed by atoms with van der Waals surface area (Å²) in [5.74, 6) is 0.965. The van der Waals surface area contributed by atoms with E-state index in [2.05, 4.69) is 50.2 Å². The van der Waals surface area contributed by atoms with Gasteiger partial charge in [-0.05, 0) is 53.7 Å². The standard InChI is InChI=1S/C19H29N5O3/c1-13-14-8-7-9-23(14)10-11-24(13)12-15-20-16(22-27-15)19(5,6)21-17(25)26-18(2,3)4/h7-9,13H,10-12H2,1-6H3,(H,21,25)/t13-/m0/s1. The molecule has 1 N–H and O–H groups in total. The number of nitrogens with one attached hydrogen (secondary N) is 1. The molecule has 0 aromatic carbocycles. The minimum absolute atomic E-state index is 0.275. The van der Waals surface area contributed by atoms with E-state index in [1.807, 2.05) is 34.6 Å². The van der Waals surface area contributed by atoms with Gasteiger partial charge in [-0.3, -0.25) is 4.90 Å². The topological polar surface area (TPSA) is 85.4 Å². The van der Waals surface area contributed by atoms with Crippen LogP contribution in [0.2, 0.25) is 0 Å². The van der Waals surface area contributed by atoms with Gasteiger partial charge in [0.25, 0.3) is 0 Å². The first-order valence-electron chi connectivity index (χ1n) is 9.28. The van der Waals surface area contributed by atoms with Crippen molar-refractivity contribution in [2.24, 2.45) is 0 Å². The van der Waals surface area contributed by atoms with E-state index in [4.69, 9.17) is 9.26 Å². The molecule has 0 fully saturated rings. The lowest BCUT2D eigenvalue weighted by atomic mass is 10.1. The third-order valence-electron chi connectivity index (χ3n) is 4.65. The van der Waals surface area contributed by atoms with Gasteiger partial charge in [0.1, 0.15) is 11.1 Å². The fourth-order valence-electron chi connectivity index (χ4n) is 3.20. The lowest BCUT2D eigenvalue weighted by Gasteiger charge is -2.33. The molecule has 3 rings (SSSR count). The van der Waals surface area contributed by atoms with Crippen molar-refractivity contribution < 1.29 is 14.1 Å². The molecule has 0 unspecified atom stereocenters. The predicted octanol–water partition coefficient (Wildman–Crippen LogP) is 3.21. The summed E-state index contributed by atoms with van der Waals surface area (Å²) in [6, 6.07) is 4.49. The molecule has 1 aliphatic heterocycles. The van der Waals surface area contributed by atoms with Crippen molar-refractivity contribution in [1.82, 2.24) is 24.9 Å². The SMILES string of the molecule is C[C@H]1c2cccn2CCN1Cc1nc(C(C)(C)NC(=O)OC(C)(C)C)no1. The number of carbonyl (C=O) groups is 1. The Kier molecular flexibility index (Phi) is 5.03. The molecular formula is C19H29N5O3. The van der Waals surface area contributed by atoms with Crippen molar-refractivity contribution in [3.05, 3.63) is 35.7 Å². The summed E-state index contributed by atoms with van der Waals surface area (Å²) in [5, 5.41) is 6.88. The molecule has 0 aliphatic carbocycles. The van der Waals surface area contributed by atoms with Crippen LogP contribution in [0.25, 0.3) is 0 Å². The van der Waals surface area contributed by atoms with Crippen LogP contribution in [0, 0.1) is 0 Å². The van der Waals surface area contributed by atoms with E-state index in [9.17, 15) is 4.79 Å². The zero-order valence-corrected chi connectivity index (χ0v) is 16.9. The summed E-state index contributed by atoms with van der Waals surface area (Å²) < 4.78 is 13.0. The van der Waals surface area contributed by atoms with Crippen LogP contribution in [0.1, 0.15) is 65.0 Å². The van der Waals surface area contributed by atoms with Gasteiger partial charge in [-0.15, -0.1) is 0 Å². The van der Waals surface area contributed by atoms with Crippen LogP contribution in [-0.4, -0.2) is 37.8 Å². The average molecular weight is 375 g/mol. The van der Waals surface area contributed by atoms with Gasteiger partial charge in [0.05, 0.1) is 6.54 Å². The highest BCUT2D eigenvalue weighted by Crippen LogP contribution is 2.27. The first-order valence-corrected chi connectivity index (χ1v) is 9.28. The largest absolute Gasteiger partial charge is 0.444 e. The van der Waals surface area contributed by atoms with Crippen LogP contribution in [0.15, 0.2) is 22.9 Å². The van der Waals surface area contributed by atoms with Crippen LogP contribution in [-0.2, 0) is 23.4 Å². The van der Waals surface area contributed by atoms with Gasteiger partial charge in [-0.1, -0.05) is 5.16 Å². The average Bonchev–Trinajstić information content (AvgIpc) is 3.17. The predicted molar refractivity (Wildman–Crippen MR) is 100.0 cm³/mol. The van der Waals surface area contributed by atoms with E-state index in [0.717, 1.165) is 13.1 Å². The Morgan fingerprint density at radius 3 is 2.78 bits per heavy atom. The minimum Gasteiger partial charge on any atom is -0.444 e. The minimum atomic E-state index is -0.799. The number of fused-ring (bicyclic) bond motifs is 1. The number of carbonyl (C=O) groups excluding carboxylic acids is 1. The lowest BCUT2D eigenvalue weighted by molar-refractivity contribution is 0.0465. The number of alkyl carbamates (subject to hydrolysis) is 1. The first-order chi connectivity index (χ1) is 12.5. The summed E-state index contributed by atoms with van der Waals surface area (Å²) in [6.45, 7) is 13.7. The van der Waals surface area contributed by atoms with Gasteiger partial charge in [-0.25, -0.2) is 4.79 Å². The molecule has 0 saturated carbocycles. The van der Waals surface area contributed by atoms with Crippen LogP contribution in [0.3, 0.4) is 0 Å². The summed E-state index contributed by atoms with van der Waals surface area (Å²) in [7, 11) is 0. The number of hydrogen-bond acceptors (Lipinski definition) is 6. The van der Waals surface area contributed by atoms with Crippen molar-refractivity contribution in [2.75, 3.05) is 6.54 Å². The first kappa shape index (κ1) is 19.4.